The molecule has 0 spiro atoms. The average molecular weight is 476 g/mol. The molecule has 9 nitrogen and oxygen atoms in total. The highest BCUT2D eigenvalue weighted by Crippen LogP contribution is 2.28. The number of halogens is 2. The Morgan fingerprint density at radius 1 is 1.11 bits per heavy atom. The fourth-order valence-corrected chi connectivity index (χ4v) is 3.80. The Bertz CT molecular complexity index is 1510. The summed E-state index contributed by atoms with van der Waals surface area (Å²) in [4.78, 5) is 9.10. The third-order valence-electron chi connectivity index (χ3n) is 5.57. The number of aliphatic hydroxyl groups excluding tert-OH is 1. The lowest BCUT2D eigenvalue weighted by molar-refractivity contribution is 0.198. The molecule has 4 aromatic heterocycles. The monoisotopic (exact) mass is 476 g/mol. The summed E-state index contributed by atoms with van der Waals surface area (Å²) in [6.07, 6.45) is 0.974. The number of pyridine rings is 1. The number of rotatable bonds is 6. The van der Waals surface area contributed by atoms with Gasteiger partial charge in [-0.3, -0.25) is 4.57 Å². The number of hydrogen-bond acceptors (Lipinski definition) is 7. The van der Waals surface area contributed by atoms with Crippen LogP contribution in [-0.4, -0.2) is 39.6 Å². The highest BCUT2D eigenvalue weighted by atomic mass is 19.1. The maximum absolute atomic E-state index is 15.0. The van der Waals surface area contributed by atoms with Crippen LogP contribution in [-0.2, 0) is 0 Å². The van der Waals surface area contributed by atoms with Gasteiger partial charge in [-0.1, -0.05) is 0 Å². The minimum absolute atomic E-state index is 0.210. The maximum Gasteiger partial charge on any atom is 0.161 e. The Morgan fingerprint density at radius 2 is 1.94 bits per heavy atom. The lowest BCUT2D eigenvalue weighted by Crippen LogP contribution is -2.11. The first-order chi connectivity index (χ1) is 16.8. The topological polar surface area (TPSA) is 107 Å². The number of aryl methyl sites for hydroxylation is 1. The van der Waals surface area contributed by atoms with Crippen LogP contribution in [0.3, 0.4) is 0 Å². The first kappa shape index (κ1) is 22.5. The average Bonchev–Trinajstić information content (AvgIpc) is 3.43. The molecule has 0 fully saturated rings. The van der Waals surface area contributed by atoms with Gasteiger partial charge in [0.25, 0.3) is 0 Å². The summed E-state index contributed by atoms with van der Waals surface area (Å²) in [6, 6.07) is 11.4. The standard InChI is InChI=1S/C24H22F2N8O/c1-13-9-18(14(2)25)32-34(13)24-16(15(3)35)6-7-23(30-24)33-12-27-20-11-19(17(26)10-21(20)33)29-22-5-4-8-28-31-22/h4-12,14-15,35H,1-3H3,(H,29,31)/t14?,15-/m0/s1. The Hall–Kier alpha value is -4.25. The predicted octanol–water partition coefficient (Wildman–Crippen LogP) is 4.67. The van der Waals surface area contributed by atoms with E-state index in [0.717, 1.165) is 0 Å². The van der Waals surface area contributed by atoms with E-state index in [1.165, 1.54) is 30.2 Å². The fraction of sp³-hybridized carbons (Fsp3) is 0.208. The molecule has 2 atom stereocenters. The number of nitrogens with zero attached hydrogens (tertiary/aromatic N) is 7. The second-order valence-corrected chi connectivity index (χ2v) is 8.17. The van der Waals surface area contributed by atoms with E-state index in [4.69, 9.17) is 4.98 Å². The maximum atomic E-state index is 15.0. The van der Waals surface area contributed by atoms with Crippen LogP contribution in [0.1, 0.15) is 43.1 Å². The molecular weight excluding hydrogens is 454 g/mol. The van der Waals surface area contributed by atoms with Gasteiger partial charge in [0.1, 0.15) is 24.1 Å². The van der Waals surface area contributed by atoms with Crippen molar-refractivity contribution in [1.29, 1.82) is 0 Å². The molecule has 2 N–H and O–H groups in total. The minimum atomic E-state index is -1.25. The van der Waals surface area contributed by atoms with Crippen molar-refractivity contribution in [3.8, 4) is 11.6 Å². The van der Waals surface area contributed by atoms with Crippen LogP contribution < -0.4 is 5.32 Å². The van der Waals surface area contributed by atoms with Crippen LogP contribution in [0.15, 0.2) is 55.0 Å². The molecule has 0 bridgehead atoms. The Morgan fingerprint density at radius 3 is 2.63 bits per heavy atom. The molecular formula is C24H22F2N8O. The molecule has 0 aliphatic rings. The number of nitrogens with one attached hydrogen (secondary N) is 1. The van der Waals surface area contributed by atoms with E-state index in [2.05, 4.69) is 25.6 Å². The lowest BCUT2D eigenvalue weighted by atomic mass is 10.1. The van der Waals surface area contributed by atoms with Crippen LogP contribution in [0.5, 0.6) is 0 Å². The van der Waals surface area contributed by atoms with Crippen LogP contribution in [0.4, 0.5) is 20.3 Å². The van der Waals surface area contributed by atoms with Gasteiger partial charge in [0, 0.05) is 23.5 Å². The van der Waals surface area contributed by atoms with Crippen molar-refractivity contribution in [3.05, 3.63) is 77.8 Å². The Balaban J connectivity index is 1.59. The lowest BCUT2D eigenvalue weighted by Gasteiger charge is -2.15. The molecule has 0 amide bonds. The van der Waals surface area contributed by atoms with E-state index >= 15 is 0 Å². The second kappa shape index (κ2) is 8.84. The van der Waals surface area contributed by atoms with Gasteiger partial charge in [-0.2, -0.15) is 10.2 Å². The van der Waals surface area contributed by atoms with Gasteiger partial charge < -0.3 is 10.4 Å². The molecule has 35 heavy (non-hydrogen) atoms. The molecule has 0 aliphatic carbocycles. The summed E-state index contributed by atoms with van der Waals surface area (Å²) in [5.74, 6) is 0.688. The summed E-state index contributed by atoms with van der Waals surface area (Å²) in [5, 5.41) is 25.2. The van der Waals surface area contributed by atoms with Gasteiger partial charge in [-0.05, 0) is 57.2 Å². The number of aromatic nitrogens is 7. The highest BCUT2D eigenvalue weighted by molar-refractivity contribution is 5.82. The summed E-state index contributed by atoms with van der Waals surface area (Å²) >= 11 is 0. The van der Waals surface area contributed by atoms with E-state index in [1.54, 1.807) is 54.8 Å². The number of aliphatic hydroxyl groups is 1. The minimum Gasteiger partial charge on any atom is -0.389 e. The van der Waals surface area contributed by atoms with Gasteiger partial charge in [0.15, 0.2) is 11.6 Å². The van der Waals surface area contributed by atoms with Crippen LogP contribution in [0, 0.1) is 12.7 Å². The van der Waals surface area contributed by atoms with Crippen molar-refractivity contribution in [3.63, 3.8) is 0 Å². The molecule has 4 heterocycles. The van der Waals surface area contributed by atoms with E-state index in [0.29, 0.717) is 39.7 Å². The predicted molar refractivity (Wildman–Crippen MR) is 126 cm³/mol. The molecule has 0 saturated heterocycles. The van der Waals surface area contributed by atoms with E-state index in [-0.39, 0.29) is 11.4 Å². The number of imidazole rings is 1. The van der Waals surface area contributed by atoms with E-state index < -0.39 is 18.1 Å². The Labute approximate surface area is 199 Å². The number of fused-ring (bicyclic) bond motifs is 1. The molecule has 5 aromatic rings. The molecule has 1 unspecified atom stereocenters. The van der Waals surface area contributed by atoms with Gasteiger partial charge >= 0.3 is 0 Å². The van der Waals surface area contributed by atoms with Crippen molar-refractivity contribution in [2.24, 2.45) is 0 Å². The molecule has 1 aromatic carbocycles. The van der Waals surface area contributed by atoms with Crippen LogP contribution in [0.25, 0.3) is 22.7 Å². The normalized spacial score (nSPS) is 13.2. The summed E-state index contributed by atoms with van der Waals surface area (Å²) < 4.78 is 32.0. The van der Waals surface area contributed by atoms with Crippen molar-refractivity contribution in [1.82, 2.24) is 34.5 Å². The zero-order chi connectivity index (χ0) is 24.7. The van der Waals surface area contributed by atoms with Crippen molar-refractivity contribution < 1.29 is 13.9 Å². The molecule has 11 heteroatoms. The van der Waals surface area contributed by atoms with Crippen LogP contribution >= 0.6 is 0 Å². The van der Waals surface area contributed by atoms with Crippen molar-refractivity contribution in [2.45, 2.75) is 33.0 Å². The first-order valence-corrected chi connectivity index (χ1v) is 10.9. The zero-order valence-corrected chi connectivity index (χ0v) is 19.2. The smallest absolute Gasteiger partial charge is 0.161 e. The molecule has 5 rings (SSSR count). The second-order valence-electron chi connectivity index (χ2n) is 8.17. The number of alkyl halides is 1. The molecule has 0 aliphatic heterocycles. The highest BCUT2D eigenvalue weighted by Gasteiger charge is 2.19. The van der Waals surface area contributed by atoms with E-state index in [1.807, 2.05) is 0 Å². The third-order valence-corrected chi connectivity index (χ3v) is 5.57. The van der Waals surface area contributed by atoms with Crippen molar-refractivity contribution in [2.75, 3.05) is 5.32 Å². The fourth-order valence-electron chi connectivity index (χ4n) is 3.80. The quantitative estimate of drug-likeness (QED) is 0.367. The largest absolute Gasteiger partial charge is 0.389 e. The molecule has 178 valence electrons. The summed E-state index contributed by atoms with van der Waals surface area (Å²) in [7, 11) is 0. The zero-order valence-electron chi connectivity index (χ0n) is 19.2. The van der Waals surface area contributed by atoms with Gasteiger partial charge in [-0.25, -0.2) is 23.4 Å². The van der Waals surface area contributed by atoms with Crippen LogP contribution in [0.2, 0.25) is 0 Å². The van der Waals surface area contributed by atoms with E-state index in [9.17, 15) is 13.9 Å². The molecule has 0 radical (unpaired) electrons. The first-order valence-electron chi connectivity index (χ1n) is 10.9. The SMILES string of the molecule is Cc1cc(C(C)F)nn1-c1nc(-n2cnc3cc(Nc4cccnn4)c(F)cc32)ccc1[C@H](C)O. The number of benzene rings is 1. The van der Waals surface area contributed by atoms with Crippen molar-refractivity contribution >= 4 is 22.5 Å². The number of anilines is 2. The number of hydrogen-bond donors (Lipinski definition) is 2. The van der Waals surface area contributed by atoms with Gasteiger partial charge in [0.2, 0.25) is 0 Å². The van der Waals surface area contributed by atoms with Gasteiger partial charge in [0.05, 0.1) is 28.5 Å². The summed E-state index contributed by atoms with van der Waals surface area (Å²) in [5.41, 5.74) is 2.68. The third kappa shape index (κ3) is 4.21. The molecule has 0 saturated carbocycles. The Kier molecular flexibility index (Phi) is 5.69. The van der Waals surface area contributed by atoms with Gasteiger partial charge in [-0.15, -0.1) is 5.10 Å². The summed E-state index contributed by atoms with van der Waals surface area (Å²) in [6.45, 7) is 4.81.